The Bertz CT molecular complexity index is 532. The molecule has 82 valence electrons. The normalized spacial score (nSPS) is 15.4. The third kappa shape index (κ3) is 1.97. The van der Waals surface area contributed by atoms with Crippen LogP contribution in [0.1, 0.15) is 29.3 Å². The number of hydrogen-bond donors (Lipinski definition) is 0. The molecule has 16 heavy (non-hydrogen) atoms. The van der Waals surface area contributed by atoms with Crippen molar-refractivity contribution >= 4 is 22.9 Å². The maximum Gasteiger partial charge on any atom is 0.171 e. The number of nitrogens with zero attached hydrogens (tertiary/aromatic N) is 2. The van der Waals surface area contributed by atoms with Crippen LogP contribution < -0.4 is 0 Å². The Morgan fingerprint density at radius 3 is 2.75 bits per heavy atom. The molecule has 1 aliphatic carbocycles. The van der Waals surface area contributed by atoms with Gasteiger partial charge in [-0.3, -0.25) is 0 Å². The van der Waals surface area contributed by atoms with Gasteiger partial charge in [-0.05, 0) is 38.0 Å². The first-order valence-electron chi connectivity index (χ1n) is 5.33. The molecule has 1 aliphatic rings. The topological polar surface area (TPSA) is 25.8 Å². The van der Waals surface area contributed by atoms with E-state index in [1.54, 1.807) is 11.3 Å². The summed E-state index contributed by atoms with van der Waals surface area (Å²) in [6.45, 7) is 2.08. The lowest BCUT2D eigenvalue weighted by Crippen LogP contribution is -1.93. The lowest BCUT2D eigenvalue weighted by molar-refractivity contribution is 0.997. The molecule has 2 aromatic rings. The molecule has 0 saturated heterocycles. The van der Waals surface area contributed by atoms with Gasteiger partial charge in [-0.15, -0.1) is 11.3 Å². The van der Waals surface area contributed by atoms with Crippen molar-refractivity contribution < 1.29 is 0 Å². The van der Waals surface area contributed by atoms with Gasteiger partial charge >= 0.3 is 0 Å². The van der Waals surface area contributed by atoms with Gasteiger partial charge in [-0.1, -0.05) is 11.6 Å². The summed E-state index contributed by atoms with van der Waals surface area (Å²) in [5.41, 5.74) is 1.10. The van der Waals surface area contributed by atoms with E-state index in [0.29, 0.717) is 11.1 Å². The summed E-state index contributed by atoms with van der Waals surface area (Å²) >= 11 is 7.74. The minimum absolute atomic E-state index is 0.554. The highest BCUT2D eigenvalue weighted by atomic mass is 35.5. The van der Waals surface area contributed by atoms with E-state index in [2.05, 4.69) is 29.0 Å². The molecule has 4 heteroatoms. The highest BCUT2D eigenvalue weighted by molar-refractivity contribution is 7.15. The Kier molecular flexibility index (Phi) is 2.45. The quantitative estimate of drug-likeness (QED) is 0.752. The Labute approximate surface area is 103 Å². The molecule has 1 saturated carbocycles. The van der Waals surface area contributed by atoms with Gasteiger partial charge in [0.1, 0.15) is 5.15 Å². The molecule has 2 heterocycles. The summed E-state index contributed by atoms with van der Waals surface area (Å²) in [7, 11) is 0. The zero-order valence-corrected chi connectivity index (χ0v) is 10.5. The van der Waals surface area contributed by atoms with Gasteiger partial charge in [-0.2, -0.15) is 0 Å². The van der Waals surface area contributed by atoms with E-state index in [4.69, 9.17) is 11.6 Å². The molecule has 0 aromatic carbocycles. The van der Waals surface area contributed by atoms with Crippen LogP contribution in [0.15, 0.2) is 18.2 Å². The number of thiophene rings is 1. The zero-order chi connectivity index (χ0) is 11.1. The summed E-state index contributed by atoms with van der Waals surface area (Å²) in [6, 6.07) is 6.03. The third-order valence-electron chi connectivity index (χ3n) is 2.67. The predicted molar refractivity (Wildman–Crippen MR) is 67.1 cm³/mol. The summed E-state index contributed by atoms with van der Waals surface area (Å²) < 4.78 is 0. The number of hydrogen-bond acceptors (Lipinski definition) is 3. The monoisotopic (exact) mass is 250 g/mol. The van der Waals surface area contributed by atoms with Crippen molar-refractivity contribution in [2.24, 2.45) is 0 Å². The van der Waals surface area contributed by atoms with Crippen LogP contribution in [0.25, 0.3) is 10.7 Å². The van der Waals surface area contributed by atoms with Gasteiger partial charge in [0.2, 0.25) is 0 Å². The van der Waals surface area contributed by atoms with E-state index in [0.717, 1.165) is 16.4 Å². The standard InChI is InChI=1S/C12H11ClN2S/c1-7-2-5-10(16-7)12-14-9(8-3-4-8)6-11(13)15-12/h2,5-6,8H,3-4H2,1H3. The van der Waals surface area contributed by atoms with E-state index < -0.39 is 0 Å². The molecule has 0 spiro atoms. The lowest BCUT2D eigenvalue weighted by Gasteiger charge is -2.01. The number of aromatic nitrogens is 2. The Morgan fingerprint density at radius 2 is 2.12 bits per heavy atom. The van der Waals surface area contributed by atoms with Crippen LogP contribution in [0.5, 0.6) is 0 Å². The molecule has 0 atom stereocenters. The number of halogens is 1. The Morgan fingerprint density at radius 1 is 1.31 bits per heavy atom. The minimum atomic E-state index is 0.554. The molecule has 0 radical (unpaired) electrons. The van der Waals surface area contributed by atoms with Crippen molar-refractivity contribution in [1.82, 2.24) is 9.97 Å². The average molecular weight is 251 g/mol. The third-order valence-corrected chi connectivity index (χ3v) is 3.86. The second-order valence-corrected chi connectivity index (χ2v) is 5.80. The SMILES string of the molecule is Cc1ccc(-c2nc(Cl)cc(C3CC3)n2)s1. The van der Waals surface area contributed by atoms with Crippen LogP contribution in [-0.4, -0.2) is 9.97 Å². The van der Waals surface area contributed by atoms with Gasteiger partial charge in [0.05, 0.1) is 4.88 Å². The fraction of sp³-hybridized carbons (Fsp3) is 0.333. The second-order valence-electron chi connectivity index (χ2n) is 4.12. The predicted octanol–water partition coefficient (Wildman–Crippen LogP) is 4.04. The summed E-state index contributed by atoms with van der Waals surface area (Å²) in [5, 5.41) is 0.554. The van der Waals surface area contributed by atoms with Crippen molar-refractivity contribution in [2.75, 3.05) is 0 Å². The molecule has 0 bridgehead atoms. The molecular weight excluding hydrogens is 240 g/mol. The van der Waals surface area contributed by atoms with Crippen molar-refractivity contribution in [3.8, 4) is 10.7 Å². The molecule has 2 nitrogen and oxygen atoms in total. The van der Waals surface area contributed by atoms with Crippen molar-refractivity contribution in [1.29, 1.82) is 0 Å². The largest absolute Gasteiger partial charge is 0.232 e. The maximum absolute atomic E-state index is 6.03. The van der Waals surface area contributed by atoms with E-state index >= 15 is 0 Å². The molecular formula is C12H11ClN2S. The van der Waals surface area contributed by atoms with Gasteiger partial charge < -0.3 is 0 Å². The fourth-order valence-electron chi connectivity index (χ4n) is 1.69. The smallest absolute Gasteiger partial charge is 0.171 e. The first kappa shape index (κ1) is 10.2. The van der Waals surface area contributed by atoms with Crippen LogP contribution in [-0.2, 0) is 0 Å². The van der Waals surface area contributed by atoms with E-state index in [9.17, 15) is 0 Å². The number of rotatable bonds is 2. The summed E-state index contributed by atoms with van der Waals surface area (Å²) in [5.74, 6) is 1.38. The maximum atomic E-state index is 6.03. The molecule has 0 N–H and O–H groups in total. The Hall–Kier alpha value is -0.930. The van der Waals surface area contributed by atoms with Crippen molar-refractivity contribution in [3.63, 3.8) is 0 Å². The molecule has 3 rings (SSSR count). The van der Waals surface area contributed by atoms with E-state index in [1.165, 1.54) is 17.7 Å². The minimum Gasteiger partial charge on any atom is -0.232 e. The fourth-order valence-corrected chi connectivity index (χ4v) is 2.68. The van der Waals surface area contributed by atoms with Crippen LogP contribution in [0.4, 0.5) is 0 Å². The Balaban J connectivity index is 2.06. The lowest BCUT2D eigenvalue weighted by atomic mass is 10.3. The number of aryl methyl sites for hydroxylation is 1. The zero-order valence-electron chi connectivity index (χ0n) is 8.90. The molecule has 0 amide bonds. The van der Waals surface area contributed by atoms with Crippen molar-refractivity contribution in [3.05, 3.63) is 33.9 Å². The van der Waals surface area contributed by atoms with Crippen LogP contribution in [0, 0.1) is 6.92 Å². The molecule has 0 unspecified atom stereocenters. The summed E-state index contributed by atoms with van der Waals surface area (Å²) in [6.07, 6.45) is 2.46. The van der Waals surface area contributed by atoms with Crippen LogP contribution in [0.2, 0.25) is 5.15 Å². The van der Waals surface area contributed by atoms with E-state index in [1.807, 2.05) is 6.07 Å². The van der Waals surface area contributed by atoms with Gasteiger partial charge in [0, 0.05) is 16.5 Å². The first-order valence-corrected chi connectivity index (χ1v) is 6.53. The first-order chi connectivity index (χ1) is 7.72. The highest BCUT2D eigenvalue weighted by Crippen LogP contribution is 2.40. The van der Waals surface area contributed by atoms with Gasteiger partial charge in [0.25, 0.3) is 0 Å². The van der Waals surface area contributed by atoms with E-state index in [-0.39, 0.29) is 0 Å². The second kappa shape index (κ2) is 3.82. The molecule has 2 aromatic heterocycles. The molecule has 0 aliphatic heterocycles. The average Bonchev–Trinajstić information content (AvgIpc) is 3.01. The summed E-state index contributed by atoms with van der Waals surface area (Å²) in [4.78, 5) is 11.3. The van der Waals surface area contributed by atoms with Crippen LogP contribution >= 0.6 is 22.9 Å². The highest BCUT2D eigenvalue weighted by Gasteiger charge is 2.26. The van der Waals surface area contributed by atoms with Gasteiger partial charge in [0.15, 0.2) is 5.82 Å². The van der Waals surface area contributed by atoms with Crippen LogP contribution in [0.3, 0.4) is 0 Å². The van der Waals surface area contributed by atoms with Gasteiger partial charge in [-0.25, -0.2) is 9.97 Å². The van der Waals surface area contributed by atoms with Crippen molar-refractivity contribution in [2.45, 2.75) is 25.7 Å². The molecule has 1 fully saturated rings.